The first-order valence-electron chi connectivity index (χ1n) is 5.87. The zero-order valence-electron chi connectivity index (χ0n) is 10.9. The van der Waals surface area contributed by atoms with Gasteiger partial charge in [-0.3, -0.25) is 4.68 Å². The SMILES string of the molecule is Cc1c(CNc2ccc(Cl)cc2C(F)(F)F)cnn1C. The van der Waals surface area contributed by atoms with Crippen LogP contribution in [0.3, 0.4) is 0 Å². The third-order valence-corrected chi connectivity index (χ3v) is 3.33. The zero-order valence-corrected chi connectivity index (χ0v) is 11.7. The molecule has 0 bridgehead atoms. The maximum absolute atomic E-state index is 12.9. The van der Waals surface area contributed by atoms with Crippen molar-refractivity contribution in [3.05, 3.63) is 46.2 Å². The molecule has 0 spiro atoms. The van der Waals surface area contributed by atoms with Crippen molar-refractivity contribution in [3.8, 4) is 0 Å². The fourth-order valence-electron chi connectivity index (χ4n) is 1.81. The van der Waals surface area contributed by atoms with E-state index in [2.05, 4.69) is 10.4 Å². The summed E-state index contributed by atoms with van der Waals surface area (Å²) in [5.74, 6) is 0. The molecule has 0 unspecified atom stereocenters. The van der Waals surface area contributed by atoms with Crippen molar-refractivity contribution in [1.29, 1.82) is 0 Å². The molecule has 0 saturated heterocycles. The number of benzene rings is 1. The molecule has 2 aromatic rings. The molecule has 1 aromatic carbocycles. The van der Waals surface area contributed by atoms with E-state index in [0.717, 1.165) is 17.3 Å². The first-order chi connectivity index (χ1) is 9.29. The minimum Gasteiger partial charge on any atom is -0.380 e. The number of alkyl halides is 3. The number of nitrogens with zero attached hydrogens (tertiary/aromatic N) is 2. The highest BCUT2D eigenvalue weighted by Gasteiger charge is 2.33. The summed E-state index contributed by atoms with van der Waals surface area (Å²) < 4.78 is 40.4. The molecule has 0 fully saturated rings. The molecule has 0 radical (unpaired) electrons. The van der Waals surface area contributed by atoms with E-state index in [0.29, 0.717) is 0 Å². The maximum atomic E-state index is 12.9. The molecular formula is C13H13ClF3N3. The summed E-state index contributed by atoms with van der Waals surface area (Å²) in [6.07, 6.45) is -2.82. The predicted octanol–water partition coefficient (Wildman–Crippen LogP) is 4.01. The lowest BCUT2D eigenvalue weighted by Crippen LogP contribution is -2.11. The van der Waals surface area contributed by atoms with Crippen molar-refractivity contribution in [3.63, 3.8) is 0 Å². The third-order valence-electron chi connectivity index (χ3n) is 3.09. The summed E-state index contributed by atoms with van der Waals surface area (Å²) in [6.45, 7) is 2.13. The highest BCUT2D eigenvalue weighted by atomic mass is 35.5. The molecule has 0 aliphatic rings. The Bertz CT molecular complexity index is 620. The van der Waals surface area contributed by atoms with Crippen molar-refractivity contribution < 1.29 is 13.2 Å². The van der Waals surface area contributed by atoms with Gasteiger partial charge in [0.05, 0.1) is 11.8 Å². The van der Waals surface area contributed by atoms with E-state index in [1.165, 1.54) is 12.1 Å². The Hall–Kier alpha value is -1.69. The van der Waals surface area contributed by atoms with Crippen molar-refractivity contribution in [2.45, 2.75) is 19.6 Å². The molecule has 0 amide bonds. The second-order valence-electron chi connectivity index (χ2n) is 4.42. The Morgan fingerprint density at radius 2 is 2.05 bits per heavy atom. The summed E-state index contributed by atoms with van der Waals surface area (Å²) in [6, 6.07) is 3.67. The van der Waals surface area contributed by atoms with Gasteiger partial charge in [0.25, 0.3) is 0 Å². The van der Waals surface area contributed by atoms with Crippen LogP contribution in [-0.2, 0) is 19.8 Å². The number of nitrogens with one attached hydrogen (secondary N) is 1. The third kappa shape index (κ3) is 3.07. The smallest absolute Gasteiger partial charge is 0.380 e. The van der Waals surface area contributed by atoms with Crippen LogP contribution in [0.4, 0.5) is 18.9 Å². The molecule has 0 aliphatic carbocycles. The van der Waals surface area contributed by atoms with Crippen molar-refractivity contribution in [1.82, 2.24) is 9.78 Å². The van der Waals surface area contributed by atoms with Gasteiger partial charge in [0.2, 0.25) is 0 Å². The number of halogens is 4. The van der Waals surface area contributed by atoms with Gasteiger partial charge < -0.3 is 5.32 Å². The Morgan fingerprint density at radius 3 is 2.60 bits per heavy atom. The van der Waals surface area contributed by atoms with Gasteiger partial charge in [-0.2, -0.15) is 18.3 Å². The standard InChI is InChI=1S/C13H13ClF3N3/c1-8-9(7-19-20(8)2)6-18-12-4-3-10(14)5-11(12)13(15,16)17/h3-5,7,18H,6H2,1-2H3. The normalized spacial score (nSPS) is 11.7. The number of hydrogen-bond acceptors (Lipinski definition) is 2. The van der Waals surface area contributed by atoms with Crippen LogP contribution in [0.15, 0.2) is 24.4 Å². The number of anilines is 1. The Morgan fingerprint density at radius 1 is 1.35 bits per heavy atom. The molecule has 7 heteroatoms. The minimum atomic E-state index is -4.45. The molecular weight excluding hydrogens is 291 g/mol. The van der Waals surface area contributed by atoms with Gasteiger partial charge in [-0.1, -0.05) is 11.6 Å². The van der Waals surface area contributed by atoms with E-state index in [4.69, 9.17) is 11.6 Å². The van der Waals surface area contributed by atoms with E-state index in [-0.39, 0.29) is 17.3 Å². The summed E-state index contributed by atoms with van der Waals surface area (Å²) >= 11 is 5.63. The number of aryl methyl sites for hydroxylation is 1. The van der Waals surface area contributed by atoms with Crippen LogP contribution in [0.1, 0.15) is 16.8 Å². The van der Waals surface area contributed by atoms with Crippen LogP contribution in [0.25, 0.3) is 0 Å². The topological polar surface area (TPSA) is 29.9 Å². The summed E-state index contributed by atoms with van der Waals surface area (Å²) in [5, 5.41) is 6.89. The average Bonchev–Trinajstić information content (AvgIpc) is 2.67. The molecule has 1 N–H and O–H groups in total. The first kappa shape index (κ1) is 14.7. The molecule has 3 nitrogen and oxygen atoms in total. The number of rotatable bonds is 3. The molecule has 108 valence electrons. The fourth-order valence-corrected chi connectivity index (χ4v) is 1.99. The minimum absolute atomic E-state index is 0.00477. The Labute approximate surface area is 119 Å². The monoisotopic (exact) mass is 303 g/mol. The molecule has 0 atom stereocenters. The highest BCUT2D eigenvalue weighted by molar-refractivity contribution is 6.30. The number of hydrogen-bond donors (Lipinski definition) is 1. The maximum Gasteiger partial charge on any atom is 0.418 e. The van der Waals surface area contributed by atoms with Crippen LogP contribution in [0.2, 0.25) is 5.02 Å². The number of aromatic nitrogens is 2. The van der Waals surface area contributed by atoms with Crippen molar-refractivity contribution >= 4 is 17.3 Å². The van der Waals surface area contributed by atoms with E-state index < -0.39 is 11.7 Å². The van der Waals surface area contributed by atoms with E-state index >= 15 is 0 Å². The molecule has 0 saturated carbocycles. The molecule has 0 aliphatic heterocycles. The predicted molar refractivity (Wildman–Crippen MR) is 71.7 cm³/mol. The van der Waals surface area contributed by atoms with Gasteiger partial charge in [0.1, 0.15) is 0 Å². The Balaban J connectivity index is 2.24. The van der Waals surface area contributed by atoms with Gasteiger partial charge in [-0.15, -0.1) is 0 Å². The lowest BCUT2D eigenvalue weighted by molar-refractivity contribution is -0.136. The summed E-state index contributed by atoms with van der Waals surface area (Å²) in [4.78, 5) is 0. The lowest BCUT2D eigenvalue weighted by atomic mass is 10.1. The van der Waals surface area contributed by atoms with Gasteiger partial charge in [0.15, 0.2) is 0 Å². The quantitative estimate of drug-likeness (QED) is 0.928. The van der Waals surface area contributed by atoms with Crippen molar-refractivity contribution in [2.24, 2.45) is 7.05 Å². The van der Waals surface area contributed by atoms with Crippen LogP contribution in [-0.4, -0.2) is 9.78 Å². The van der Waals surface area contributed by atoms with Crippen LogP contribution in [0, 0.1) is 6.92 Å². The summed E-state index contributed by atoms with van der Waals surface area (Å²) in [7, 11) is 1.78. The largest absolute Gasteiger partial charge is 0.418 e. The van der Waals surface area contributed by atoms with Crippen molar-refractivity contribution in [2.75, 3.05) is 5.32 Å². The second kappa shape index (κ2) is 5.36. The molecule has 20 heavy (non-hydrogen) atoms. The van der Waals surface area contributed by atoms with E-state index in [9.17, 15) is 13.2 Å². The van der Waals surface area contributed by atoms with Crippen LogP contribution >= 0.6 is 11.6 Å². The Kier molecular flexibility index (Phi) is 3.94. The van der Waals surface area contributed by atoms with Gasteiger partial charge >= 0.3 is 6.18 Å². The first-order valence-corrected chi connectivity index (χ1v) is 6.25. The van der Waals surface area contributed by atoms with Gasteiger partial charge in [-0.25, -0.2) is 0 Å². The molecule has 1 heterocycles. The molecule has 1 aromatic heterocycles. The highest BCUT2D eigenvalue weighted by Crippen LogP contribution is 2.36. The second-order valence-corrected chi connectivity index (χ2v) is 4.86. The van der Waals surface area contributed by atoms with Crippen LogP contribution < -0.4 is 5.32 Å². The summed E-state index contributed by atoms with van der Waals surface area (Å²) in [5.41, 5.74) is 0.979. The van der Waals surface area contributed by atoms with Gasteiger partial charge in [0, 0.05) is 35.6 Å². The van der Waals surface area contributed by atoms with Gasteiger partial charge in [-0.05, 0) is 25.1 Å². The van der Waals surface area contributed by atoms with E-state index in [1.807, 2.05) is 6.92 Å². The molecule has 2 rings (SSSR count). The van der Waals surface area contributed by atoms with E-state index in [1.54, 1.807) is 17.9 Å². The fraction of sp³-hybridized carbons (Fsp3) is 0.308. The zero-order chi connectivity index (χ0) is 14.9. The lowest BCUT2D eigenvalue weighted by Gasteiger charge is -2.14. The van der Waals surface area contributed by atoms with Crippen LogP contribution in [0.5, 0.6) is 0 Å². The average molecular weight is 304 g/mol.